The topological polar surface area (TPSA) is 99.7 Å². The minimum Gasteiger partial charge on any atom is -0.404 e. The molecule has 0 saturated carbocycles. The molecule has 0 aliphatic rings. The molecule has 6 nitrogen and oxygen atoms in total. The molecular formula is C21H30Cl2N4O2S. The second kappa shape index (κ2) is 14.4. The van der Waals surface area contributed by atoms with E-state index in [2.05, 4.69) is 15.6 Å². The Bertz CT molecular complexity index is 810. The Hall–Kier alpha value is -1.67. The summed E-state index contributed by atoms with van der Waals surface area (Å²) in [6, 6.07) is 5.40. The fourth-order valence-electron chi connectivity index (χ4n) is 2.33. The van der Waals surface area contributed by atoms with E-state index < -0.39 is 0 Å². The number of hydrogen-bond donors (Lipinski definition) is 4. The van der Waals surface area contributed by atoms with Gasteiger partial charge in [-0.15, -0.1) is 0 Å². The van der Waals surface area contributed by atoms with Crippen LogP contribution in [0.3, 0.4) is 0 Å². The molecule has 5 N–H and O–H groups in total. The minimum absolute atomic E-state index is 0.123. The van der Waals surface area contributed by atoms with Gasteiger partial charge in [0.15, 0.2) is 0 Å². The Morgan fingerprint density at radius 2 is 2.00 bits per heavy atom. The lowest BCUT2D eigenvalue weighted by molar-refractivity contribution is -0.114. The van der Waals surface area contributed by atoms with Crippen molar-refractivity contribution in [1.29, 1.82) is 0 Å². The van der Waals surface area contributed by atoms with Gasteiger partial charge in [-0.3, -0.25) is 9.79 Å². The number of aliphatic imine (C=N–C) groups is 1. The van der Waals surface area contributed by atoms with Crippen LogP contribution >= 0.6 is 35.0 Å². The number of carbonyl (C=O) groups excluding carboxylic acids is 1. The molecule has 0 unspecified atom stereocenters. The van der Waals surface area contributed by atoms with Gasteiger partial charge in [-0.05, 0) is 55.3 Å². The van der Waals surface area contributed by atoms with Crippen molar-refractivity contribution in [2.75, 3.05) is 24.7 Å². The van der Waals surface area contributed by atoms with Crippen molar-refractivity contribution in [1.82, 2.24) is 10.6 Å². The second-order valence-electron chi connectivity index (χ2n) is 6.48. The molecule has 0 aromatic heterocycles. The summed E-state index contributed by atoms with van der Waals surface area (Å²) >= 11 is 13.6. The van der Waals surface area contributed by atoms with E-state index in [0.29, 0.717) is 51.7 Å². The maximum atomic E-state index is 12.9. The first-order valence-corrected chi connectivity index (χ1v) is 11.6. The number of nitrogens with two attached hydrogens (primary N) is 1. The number of rotatable bonds is 12. The molecule has 0 aliphatic carbocycles. The number of nitrogens with zero attached hydrogens (tertiary/aromatic N) is 1. The Balaban J connectivity index is 2.91. The summed E-state index contributed by atoms with van der Waals surface area (Å²) in [6.45, 7) is 6.77. The molecule has 9 heteroatoms. The van der Waals surface area contributed by atoms with Crippen molar-refractivity contribution in [3.8, 4) is 0 Å². The van der Waals surface area contributed by atoms with Crippen LogP contribution in [0.25, 0.3) is 0 Å². The van der Waals surface area contributed by atoms with E-state index in [1.807, 2.05) is 19.9 Å². The van der Waals surface area contributed by atoms with Gasteiger partial charge in [0, 0.05) is 24.6 Å². The number of nitrogens with one attached hydrogen (secondary N) is 2. The van der Waals surface area contributed by atoms with Crippen LogP contribution in [0, 0.1) is 0 Å². The van der Waals surface area contributed by atoms with Crippen molar-refractivity contribution in [2.45, 2.75) is 33.7 Å². The van der Waals surface area contributed by atoms with Gasteiger partial charge in [-0.1, -0.05) is 36.2 Å². The number of aliphatic hydroxyl groups is 1. The normalized spacial score (nSPS) is 13.1. The monoisotopic (exact) mass is 472 g/mol. The number of aliphatic hydroxyl groups excluding tert-OH is 1. The molecule has 1 aromatic rings. The van der Waals surface area contributed by atoms with Gasteiger partial charge in [0.2, 0.25) is 0 Å². The highest BCUT2D eigenvalue weighted by Gasteiger charge is 2.16. The summed E-state index contributed by atoms with van der Waals surface area (Å²) < 4.78 is 0. The Morgan fingerprint density at radius 3 is 2.60 bits per heavy atom. The predicted molar refractivity (Wildman–Crippen MR) is 129 cm³/mol. The molecule has 30 heavy (non-hydrogen) atoms. The van der Waals surface area contributed by atoms with E-state index >= 15 is 0 Å². The lowest BCUT2D eigenvalue weighted by Crippen LogP contribution is -2.37. The molecule has 0 radical (unpaired) electrons. The first-order chi connectivity index (χ1) is 14.3. The van der Waals surface area contributed by atoms with Crippen molar-refractivity contribution in [3.05, 3.63) is 57.0 Å². The van der Waals surface area contributed by atoms with Gasteiger partial charge in [-0.25, -0.2) is 0 Å². The van der Waals surface area contributed by atoms with Crippen LogP contribution in [-0.2, 0) is 11.3 Å². The molecule has 0 spiro atoms. The standard InChI is InChI=1S/C21H30Cl2N4O2S/c1-4-14(2)20(26-13-16-5-6-17(22)18(23)11-16)27-21(29)19(15(3)12-24)25-7-9-30-10-8-28/h5-6,11-12,26,28H,4,7-10,13,24H2,1-3H3,(H,27,29)/b15-12?,20-14-,25-19?. The van der Waals surface area contributed by atoms with E-state index in [1.165, 1.54) is 6.20 Å². The average molecular weight is 473 g/mol. The third-order valence-corrected chi connectivity index (χ3v) is 5.91. The van der Waals surface area contributed by atoms with E-state index in [1.54, 1.807) is 30.8 Å². The fraction of sp³-hybridized carbons (Fsp3) is 0.429. The first-order valence-electron chi connectivity index (χ1n) is 9.64. The van der Waals surface area contributed by atoms with E-state index in [4.69, 9.17) is 34.0 Å². The SMILES string of the molecule is CC/C(C)=C(/NCc1ccc(Cl)c(Cl)c1)NC(=O)C(=NCCSCCO)C(C)=CN. The minimum atomic E-state index is -0.328. The Morgan fingerprint density at radius 1 is 1.27 bits per heavy atom. The third kappa shape index (κ3) is 9.00. The summed E-state index contributed by atoms with van der Waals surface area (Å²) in [6.07, 6.45) is 2.14. The van der Waals surface area contributed by atoms with E-state index in [0.717, 1.165) is 17.6 Å². The molecule has 1 aromatic carbocycles. The summed E-state index contributed by atoms with van der Waals surface area (Å²) in [4.78, 5) is 17.3. The van der Waals surface area contributed by atoms with Gasteiger partial charge >= 0.3 is 0 Å². The fourth-order valence-corrected chi connectivity index (χ4v) is 3.21. The highest BCUT2D eigenvalue weighted by Crippen LogP contribution is 2.22. The highest BCUT2D eigenvalue weighted by molar-refractivity contribution is 7.99. The van der Waals surface area contributed by atoms with Gasteiger partial charge < -0.3 is 21.5 Å². The van der Waals surface area contributed by atoms with Crippen molar-refractivity contribution in [3.63, 3.8) is 0 Å². The third-order valence-electron chi connectivity index (χ3n) is 4.23. The highest BCUT2D eigenvalue weighted by atomic mass is 35.5. The zero-order valence-electron chi connectivity index (χ0n) is 17.6. The summed E-state index contributed by atoms with van der Waals surface area (Å²) in [5, 5.41) is 16.0. The van der Waals surface area contributed by atoms with Crippen LogP contribution in [0.15, 0.2) is 46.4 Å². The number of carbonyl (C=O) groups is 1. The van der Waals surface area contributed by atoms with Crippen LogP contribution in [-0.4, -0.2) is 41.4 Å². The van der Waals surface area contributed by atoms with E-state index in [-0.39, 0.29) is 12.5 Å². The lowest BCUT2D eigenvalue weighted by atomic mass is 10.1. The van der Waals surface area contributed by atoms with Crippen LogP contribution in [0.4, 0.5) is 0 Å². The summed E-state index contributed by atoms with van der Waals surface area (Å²) in [5.74, 6) is 1.65. The van der Waals surface area contributed by atoms with Crippen molar-refractivity contribution in [2.24, 2.45) is 10.7 Å². The number of benzene rings is 1. The number of halogens is 2. The maximum absolute atomic E-state index is 12.9. The van der Waals surface area contributed by atoms with Crippen LogP contribution < -0.4 is 16.4 Å². The molecule has 0 aliphatic heterocycles. The Kier molecular flexibility index (Phi) is 12.6. The number of thioether (sulfide) groups is 1. The van der Waals surface area contributed by atoms with Crippen molar-refractivity contribution < 1.29 is 9.90 Å². The van der Waals surface area contributed by atoms with Crippen molar-refractivity contribution >= 4 is 46.6 Å². The summed E-state index contributed by atoms with van der Waals surface area (Å²) in [5.41, 5.74) is 8.45. The van der Waals surface area contributed by atoms with E-state index in [9.17, 15) is 4.79 Å². The first kappa shape index (κ1) is 26.4. The lowest BCUT2D eigenvalue weighted by Gasteiger charge is -2.17. The second-order valence-corrected chi connectivity index (χ2v) is 8.52. The molecule has 0 saturated heterocycles. The Labute approximate surface area is 193 Å². The average Bonchev–Trinajstić information content (AvgIpc) is 2.74. The van der Waals surface area contributed by atoms with Crippen LogP contribution in [0.2, 0.25) is 10.0 Å². The zero-order valence-corrected chi connectivity index (χ0v) is 19.9. The smallest absolute Gasteiger partial charge is 0.275 e. The molecule has 1 rings (SSSR count). The van der Waals surface area contributed by atoms with Crippen LogP contribution in [0.1, 0.15) is 32.8 Å². The zero-order chi connectivity index (χ0) is 22.5. The van der Waals surface area contributed by atoms with Gasteiger partial charge in [0.05, 0.1) is 16.7 Å². The molecule has 1 amide bonds. The number of allylic oxidation sites excluding steroid dienone is 1. The molecule has 0 atom stereocenters. The molecular weight excluding hydrogens is 443 g/mol. The predicted octanol–water partition coefficient (Wildman–Crippen LogP) is 3.87. The largest absolute Gasteiger partial charge is 0.404 e. The molecule has 166 valence electrons. The number of hydrogen-bond acceptors (Lipinski definition) is 6. The molecule has 0 fully saturated rings. The van der Waals surface area contributed by atoms with Gasteiger partial charge in [0.25, 0.3) is 5.91 Å². The molecule has 0 bridgehead atoms. The summed E-state index contributed by atoms with van der Waals surface area (Å²) in [7, 11) is 0. The quantitative estimate of drug-likeness (QED) is 0.273. The maximum Gasteiger partial charge on any atom is 0.275 e. The van der Waals surface area contributed by atoms with Gasteiger partial charge in [-0.2, -0.15) is 11.8 Å². The molecule has 0 heterocycles. The van der Waals surface area contributed by atoms with Gasteiger partial charge in [0.1, 0.15) is 11.5 Å². The van der Waals surface area contributed by atoms with Crippen LogP contribution in [0.5, 0.6) is 0 Å². The number of amides is 1.